The van der Waals surface area contributed by atoms with Crippen molar-refractivity contribution in [3.63, 3.8) is 0 Å². The van der Waals surface area contributed by atoms with Gasteiger partial charge in [0.25, 0.3) is 0 Å². The van der Waals surface area contributed by atoms with Crippen LogP contribution in [0.2, 0.25) is 0 Å². The van der Waals surface area contributed by atoms with Crippen LogP contribution in [-0.2, 0) is 0 Å². The van der Waals surface area contributed by atoms with Crippen LogP contribution in [0.3, 0.4) is 0 Å². The zero-order valence-corrected chi connectivity index (χ0v) is 14.8. The number of allylic oxidation sites excluding steroid dienone is 1. The van der Waals surface area contributed by atoms with E-state index >= 15 is 0 Å². The van der Waals surface area contributed by atoms with Gasteiger partial charge in [-0.1, -0.05) is 29.3 Å². The fourth-order valence-electron chi connectivity index (χ4n) is 3.50. The molecule has 4 nitrogen and oxygen atoms in total. The van der Waals surface area contributed by atoms with Gasteiger partial charge in [-0.3, -0.25) is 0 Å². The van der Waals surface area contributed by atoms with Crippen LogP contribution in [0.5, 0.6) is 0 Å². The molecule has 0 aromatic heterocycles. The largest absolute Gasteiger partial charge is 0.368 e. The van der Waals surface area contributed by atoms with Crippen molar-refractivity contribution in [2.75, 3.05) is 37.6 Å². The molecule has 130 valence electrons. The number of amides is 2. The van der Waals surface area contributed by atoms with Crippen LogP contribution in [0.4, 0.5) is 10.5 Å². The first-order valence-electron chi connectivity index (χ1n) is 9.25. The third kappa shape index (κ3) is 4.53. The molecule has 0 saturated carbocycles. The molecule has 1 fully saturated rings. The molecule has 4 heteroatoms. The molecule has 1 aromatic carbocycles. The molecule has 2 amide bonds. The summed E-state index contributed by atoms with van der Waals surface area (Å²) < 4.78 is 0. The van der Waals surface area contributed by atoms with E-state index in [4.69, 9.17) is 0 Å². The predicted octanol–water partition coefficient (Wildman–Crippen LogP) is 3.72. The number of carbonyl (C=O) groups is 1. The van der Waals surface area contributed by atoms with Gasteiger partial charge in [0.1, 0.15) is 0 Å². The molecule has 1 aromatic rings. The minimum Gasteiger partial charge on any atom is -0.368 e. The summed E-state index contributed by atoms with van der Waals surface area (Å²) in [6, 6.07) is 8.73. The standard InChI is InChI=1S/C20H29N3O/c1-17-7-9-19(10-8-17)22-13-15-23(16-14-22)20(24)21-12-11-18-5-3-2-4-6-18/h5,7-10H,2-4,6,11-16H2,1H3,(H,21,24). The molecule has 0 radical (unpaired) electrons. The molecule has 0 bridgehead atoms. The topological polar surface area (TPSA) is 35.6 Å². The van der Waals surface area contributed by atoms with Gasteiger partial charge in [-0.2, -0.15) is 0 Å². The van der Waals surface area contributed by atoms with Gasteiger partial charge < -0.3 is 15.1 Å². The molecule has 2 aliphatic rings. The number of anilines is 1. The lowest BCUT2D eigenvalue weighted by Crippen LogP contribution is -2.52. The van der Waals surface area contributed by atoms with Gasteiger partial charge in [0.05, 0.1) is 0 Å². The maximum atomic E-state index is 12.3. The highest BCUT2D eigenvalue weighted by atomic mass is 16.2. The second-order valence-electron chi connectivity index (χ2n) is 6.90. The fourth-order valence-corrected chi connectivity index (χ4v) is 3.50. The van der Waals surface area contributed by atoms with E-state index in [9.17, 15) is 4.79 Å². The molecule has 0 atom stereocenters. The molecule has 0 unspecified atom stereocenters. The van der Waals surface area contributed by atoms with Gasteiger partial charge >= 0.3 is 6.03 Å². The molecule has 0 spiro atoms. The smallest absolute Gasteiger partial charge is 0.317 e. The van der Waals surface area contributed by atoms with E-state index in [-0.39, 0.29) is 6.03 Å². The summed E-state index contributed by atoms with van der Waals surface area (Å²) in [5, 5.41) is 3.09. The van der Waals surface area contributed by atoms with Crippen LogP contribution in [0.1, 0.15) is 37.7 Å². The first-order valence-corrected chi connectivity index (χ1v) is 9.25. The number of aryl methyl sites for hydroxylation is 1. The highest BCUT2D eigenvalue weighted by molar-refractivity contribution is 5.74. The van der Waals surface area contributed by atoms with E-state index in [0.717, 1.165) is 39.1 Å². The van der Waals surface area contributed by atoms with Crippen molar-refractivity contribution >= 4 is 11.7 Å². The quantitative estimate of drug-likeness (QED) is 0.856. The molecule has 1 N–H and O–H groups in total. The Hall–Kier alpha value is -1.97. The van der Waals surface area contributed by atoms with Crippen LogP contribution in [-0.4, -0.2) is 43.7 Å². The van der Waals surface area contributed by atoms with Gasteiger partial charge in [0.2, 0.25) is 0 Å². The number of urea groups is 1. The number of nitrogens with one attached hydrogen (secondary N) is 1. The average Bonchev–Trinajstić information content (AvgIpc) is 2.63. The van der Waals surface area contributed by atoms with Crippen LogP contribution in [0.25, 0.3) is 0 Å². The monoisotopic (exact) mass is 327 g/mol. The van der Waals surface area contributed by atoms with E-state index in [1.54, 1.807) is 0 Å². The number of hydrogen-bond acceptors (Lipinski definition) is 2. The maximum Gasteiger partial charge on any atom is 0.317 e. The molecule has 3 rings (SSSR count). The molecule has 1 aliphatic carbocycles. The van der Waals surface area contributed by atoms with Gasteiger partial charge in [0, 0.05) is 38.4 Å². The summed E-state index contributed by atoms with van der Waals surface area (Å²) in [4.78, 5) is 16.6. The van der Waals surface area contributed by atoms with E-state index in [1.165, 1.54) is 42.5 Å². The Bertz CT molecular complexity index is 571. The van der Waals surface area contributed by atoms with E-state index in [2.05, 4.69) is 47.5 Å². The second kappa shape index (κ2) is 8.22. The Morgan fingerprint density at radius 1 is 1.08 bits per heavy atom. The average molecular weight is 327 g/mol. The van der Waals surface area contributed by atoms with E-state index in [1.807, 2.05) is 4.90 Å². The van der Waals surface area contributed by atoms with E-state index in [0.29, 0.717) is 0 Å². The number of carbonyl (C=O) groups excluding carboxylic acids is 1. The van der Waals surface area contributed by atoms with Crippen molar-refractivity contribution in [2.45, 2.75) is 39.0 Å². The second-order valence-corrected chi connectivity index (χ2v) is 6.90. The first-order chi connectivity index (χ1) is 11.7. The third-order valence-corrected chi connectivity index (χ3v) is 5.07. The lowest BCUT2D eigenvalue weighted by molar-refractivity contribution is 0.194. The molecular weight excluding hydrogens is 298 g/mol. The lowest BCUT2D eigenvalue weighted by Gasteiger charge is -2.36. The Labute approximate surface area is 145 Å². The SMILES string of the molecule is Cc1ccc(N2CCN(C(=O)NCCC3=CCCCC3)CC2)cc1. The van der Waals surface area contributed by atoms with Crippen molar-refractivity contribution in [3.8, 4) is 0 Å². The Morgan fingerprint density at radius 2 is 1.83 bits per heavy atom. The molecule has 24 heavy (non-hydrogen) atoms. The third-order valence-electron chi connectivity index (χ3n) is 5.07. The van der Waals surface area contributed by atoms with Crippen molar-refractivity contribution in [1.82, 2.24) is 10.2 Å². The van der Waals surface area contributed by atoms with Gasteiger partial charge in [-0.15, -0.1) is 0 Å². The van der Waals surface area contributed by atoms with Gasteiger partial charge in [-0.05, 0) is 51.2 Å². The van der Waals surface area contributed by atoms with Crippen molar-refractivity contribution in [1.29, 1.82) is 0 Å². The number of benzene rings is 1. The highest BCUT2D eigenvalue weighted by Crippen LogP contribution is 2.20. The molecule has 1 heterocycles. The molecule has 1 saturated heterocycles. The van der Waals surface area contributed by atoms with Crippen LogP contribution in [0, 0.1) is 6.92 Å². The zero-order chi connectivity index (χ0) is 16.8. The summed E-state index contributed by atoms with van der Waals surface area (Å²) >= 11 is 0. The van der Waals surface area contributed by atoms with E-state index < -0.39 is 0 Å². The summed E-state index contributed by atoms with van der Waals surface area (Å²) in [6.45, 7) is 6.27. The molecule has 1 aliphatic heterocycles. The van der Waals surface area contributed by atoms with Crippen LogP contribution >= 0.6 is 0 Å². The minimum atomic E-state index is 0.0926. The van der Waals surface area contributed by atoms with Gasteiger partial charge in [-0.25, -0.2) is 4.79 Å². The van der Waals surface area contributed by atoms with Crippen molar-refractivity contribution < 1.29 is 4.79 Å². The number of piperazine rings is 1. The van der Waals surface area contributed by atoms with Crippen LogP contribution in [0.15, 0.2) is 35.9 Å². The minimum absolute atomic E-state index is 0.0926. The van der Waals surface area contributed by atoms with Crippen molar-refractivity contribution in [3.05, 3.63) is 41.5 Å². The predicted molar refractivity (Wildman–Crippen MR) is 99.5 cm³/mol. The first kappa shape index (κ1) is 16.9. The van der Waals surface area contributed by atoms with Gasteiger partial charge in [0.15, 0.2) is 0 Å². The number of nitrogens with zero attached hydrogens (tertiary/aromatic N) is 2. The number of hydrogen-bond donors (Lipinski definition) is 1. The Morgan fingerprint density at radius 3 is 2.50 bits per heavy atom. The Kier molecular flexibility index (Phi) is 5.78. The van der Waals surface area contributed by atoms with Crippen molar-refractivity contribution in [2.24, 2.45) is 0 Å². The molecular formula is C20H29N3O. The number of rotatable bonds is 4. The highest BCUT2D eigenvalue weighted by Gasteiger charge is 2.21. The van der Waals surface area contributed by atoms with Crippen LogP contribution < -0.4 is 10.2 Å². The summed E-state index contributed by atoms with van der Waals surface area (Å²) in [6.07, 6.45) is 8.42. The normalized spacial score (nSPS) is 18.3. The summed E-state index contributed by atoms with van der Waals surface area (Å²) in [5.74, 6) is 0. The summed E-state index contributed by atoms with van der Waals surface area (Å²) in [5.41, 5.74) is 4.06. The zero-order valence-electron chi connectivity index (χ0n) is 14.8. The summed E-state index contributed by atoms with van der Waals surface area (Å²) in [7, 11) is 0. The Balaban J connectivity index is 1.40. The fraction of sp³-hybridized carbons (Fsp3) is 0.550. The maximum absolute atomic E-state index is 12.3. The lowest BCUT2D eigenvalue weighted by atomic mass is 9.97.